The Labute approximate surface area is 106 Å². The molecule has 1 aliphatic rings. The summed E-state index contributed by atoms with van der Waals surface area (Å²) in [4.78, 5) is 5.68. The van der Waals surface area contributed by atoms with Crippen molar-refractivity contribution in [2.75, 3.05) is 0 Å². The number of aromatic nitrogens is 1. The molecule has 0 atom stereocenters. The van der Waals surface area contributed by atoms with Crippen LogP contribution in [0.1, 0.15) is 23.3 Å². The third-order valence-corrected chi connectivity index (χ3v) is 3.89. The summed E-state index contributed by atoms with van der Waals surface area (Å²) in [6.45, 7) is 3.08. The van der Waals surface area contributed by atoms with Crippen molar-refractivity contribution in [1.82, 2.24) is 10.3 Å². The first kappa shape index (κ1) is 10.9. The quantitative estimate of drug-likeness (QED) is 0.892. The summed E-state index contributed by atoms with van der Waals surface area (Å²) in [6, 6.07) is 5.21. The number of thiophene rings is 1. The number of hydrogen-bond donors (Lipinski definition) is 1. The van der Waals surface area contributed by atoms with Gasteiger partial charge in [-0.05, 0) is 48.4 Å². The summed E-state index contributed by atoms with van der Waals surface area (Å²) in [5.41, 5.74) is 3.79. The number of pyridine rings is 1. The number of nitrogens with one attached hydrogen (secondary N) is 1. The van der Waals surface area contributed by atoms with E-state index >= 15 is 0 Å². The van der Waals surface area contributed by atoms with Gasteiger partial charge in [0.2, 0.25) is 0 Å². The molecule has 2 heterocycles. The van der Waals surface area contributed by atoms with Gasteiger partial charge in [0, 0.05) is 35.4 Å². The molecule has 1 fully saturated rings. The lowest BCUT2D eigenvalue weighted by Gasteiger charge is -2.04. The first-order valence-electron chi connectivity index (χ1n) is 6.04. The van der Waals surface area contributed by atoms with Crippen molar-refractivity contribution >= 4 is 11.3 Å². The highest BCUT2D eigenvalue weighted by molar-refractivity contribution is 7.10. The van der Waals surface area contributed by atoms with Gasteiger partial charge in [-0.2, -0.15) is 0 Å². The highest BCUT2D eigenvalue weighted by atomic mass is 32.1. The summed E-state index contributed by atoms with van der Waals surface area (Å²) >= 11 is 1.79. The molecule has 0 spiro atoms. The van der Waals surface area contributed by atoms with E-state index in [1.54, 1.807) is 11.3 Å². The molecule has 2 aromatic rings. The van der Waals surface area contributed by atoms with Crippen LogP contribution in [0.2, 0.25) is 0 Å². The fraction of sp³-hybridized carbons (Fsp3) is 0.357. The van der Waals surface area contributed by atoms with Gasteiger partial charge in [-0.1, -0.05) is 0 Å². The Balaban J connectivity index is 1.77. The number of aryl methyl sites for hydroxylation is 1. The van der Waals surface area contributed by atoms with Crippen LogP contribution in [0.25, 0.3) is 11.1 Å². The maximum atomic E-state index is 4.33. The molecule has 88 valence electrons. The Morgan fingerprint density at radius 1 is 1.29 bits per heavy atom. The Kier molecular flexibility index (Phi) is 2.95. The van der Waals surface area contributed by atoms with E-state index in [1.165, 1.54) is 34.4 Å². The van der Waals surface area contributed by atoms with Crippen LogP contribution in [0.15, 0.2) is 29.9 Å². The van der Waals surface area contributed by atoms with Crippen LogP contribution in [0, 0.1) is 6.92 Å². The number of rotatable bonds is 4. The van der Waals surface area contributed by atoms with E-state index < -0.39 is 0 Å². The highest BCUT2D eigenvalue weighted by Gasteiger charge is 2.19. The lowest BCUT2D eigenvalue weighted by molar-refractivity contribution is 0.686. The Hall–Kier alpha value is -1.19. The van der Waals surface area contributed by atoms with Crippen LogP contribution in [0.4, 0.5) is 0 Å². The number of hydrogen-bond acceptors (Lipinski definition) is 3. The molecule has 17 heavy (non-hydrogen) atoms. The van der Waals surface area contributed by atoms with Gasteiger partial charge in [0.05, 0.1) is 0 Å². The fourth-order valence-corrected chi connectivity index (χ4v) is 2.60. The molecular formula is C14H16N2S. The van der Waals surface area contributed by atoms with Crippen LogP contribution in [-0.2, 0) is 6.54 Å². The molecule has 0 aliphatic heterocycles. The van der Waals surface area contributed by atoms with Gasteiger partial charge in [0.25, 0.3) is 0 Å². The van der Waals surface area contributed by atoms with E-state index in [1.807, 2.05) is 12.4 Å². The molecular weight excluding hydrogens is 228 g/mol. The maximum Gasteiger partial charge on any atom is 0.0346 e. The van der Waals surface area contributed by atoms with E-state index in [2.05, 4.69) is 34.7 Å². The minimum Gasteiger partial charge on any atom is -0.310 e. The van der Waals surface area contributed by atoms with Gasteiger partial charge in [-0.15, -0.1) is 11.3 Å². The third-order valence-electron chi connectivity index (χ3n) is 3.03. The van der Waals surface area contributed by atoms with Crippen molar-refractivity contribution in [2.45, 2.75) is 32.4 Å². The first-order chi connectivity index (χ1) is 8.31. The zero-order chi connectivity index (χ0) is 11.7. The topological polar surface area (TPSA) is 24.9 Å². The second-order valence-corrected chi connectivity index (χ2v) is 5.80. The molecule has 0 aromatic carbocycles. The van der Waals surface area contributed by atoms with Crippen LogP contribution < -0.4 is 5.32 Å². The summed E-state index contributed by atoms with van der Waals surface area (Å²) in [5.74, 6) is 0. The molecule has 0 bridgehead atoms. The molecule has 0 unspecified atom stereocenters. The van der Waals surface area contributed by atoms with E-state index in [9.17, 15) is 0 Å². The lowest BCUT2D eigenvalue weighted by atomic mass is 10.1. The van der Waals surface area contributed by atoms with Gasteiger partial charge in [-0.3, -0.25) is 4.98 Å². The average molecular weight is 244 g/mol. The maximum absolute atomic E-state index is 4.33. The second kappa shape index (κ2) is 4.59. The normalized spacial score (nSPS) is 15.1. The molecule has 1 aliphatic carbocycles. The summed E-state index contributed by atoms with van der Waals surface area (Å²) < 4.78 is 0. The van der Waals surface area contributed by atoms with Gasteiger partial charge in [0.15, 0.2) is 0 Å². The second-order valence-electron chi connectivity index (χ2n) is 4.68. The minimum atomic E-state index is 0.752. The van der Waals surface area contributed by atoms with Crippen molar-refractivity contribution in [3.63, 3.8) is 0 Å². The Morgan fingerprint density at radius 2 is 2.18 bits per heavy atom. The predicted molar refractivity (Wildman–Crippen MR) is 72.1 cm³/mol. The zero-order valence-electron chi connectivity index (χ0n) is 9.94. The molecule has 1 saturated carbocycles. The number of nitrogens with zero attached hydrogens (tertiary/aromatic N) is 1. The van der Waals surface area contributed by atoms with Gasteiger partial charge < -0.3 is 5.32 Å². The SMILES string of the molecule is Cc1cc(-c2cncc(CNC3CC3)c2)cs1. The van der Waals surface area contributed by atoms with Crippen molar-refractivity contribution in [1.29, 1.82) is 0 Å². The molecule has 0 amide bonds. The standard InChI is InChI=1S/C14H16N2S/c1-10-4-13(9-17-10)12-5-11(6-15-8-12)7-16-14-2-3-14/h4-6,8-9,14,16H,2-3,7H2,1H3. The monoisotopic (exact) mass is 244 g/mol. The van der Waals surface area contributed by atoms with E-state index in [0.717, 1.165) is 12.6 Å². The van der Waals surface area contributed by atoms with Crippen LogP contribution in [0.5, 0.6) is 0 Å². The summed E-state index contributed by atoms with van der Waals surface area (Å²) in [7, 11) is 0. The van der Waals surface area contributed by atoms with Gasteiger partial charge >= 0.3 is 0 Å². The van der Waals surface area contributed by atoms with E-state index in [-0.39, 0.29) is 0 Å². The van der Waals surface area contributed by atoms with Gasteiger partial charge in [-0.25, -0.2) is 0 Å². The average Bonchev–Trinajstić information content (AvgIpc) is 3.08. The van der Waals surface area contributed by atoms with Crippen LogP contribution in [-0.4, -0.2) is 11.0 Å². The van der Waals surface area contributed by atoms with E-state index in [0.29, 0.717) is 0 Å². The Morgan fingerprint density at radius 3 is 2.88 bits per heavy atom. The zero-order valence-corrected chi connectivity index (χ0v) is 10.8. The van der Waals surface area contributed by atoms with Crippen molar-refractivity contribution in [3.05, 3.63) is 40.3 Å². The van der Waals surface area contributed by atoms with Crippen molar-refractivity contribution in [2.24, 2.45) is 0 Å². The lowest BCUT2D eigenvalue weighted by Crippen LogP contribution is -2.15. The van der Waals surface area contributed by atoms with Crippen LogP contribution in [0.3, 0.4) is 0 Å². The molecule has 0 saturated heterocycles. The molecule has 1 N–H and O–H groups in total. The third kappa shape index (κ3) is 2.73. The molecule has 2 nitrogen and oxygen atoms in total. The summed E-state index contributed by atoms with van der Waals surface area (Å²) in [6.07, 6.45) is 6.56. The van der Waals surface area contributed by atoms with Crippen molar-refractivity contribution < 1.29 is 0 Å². The molecule has 0 radical (unpaired) electrons. The highest BCUT2D eigenvalue weighted by Crippen LogP contribution is 2.25. The smallest absolute Gasteiger partial charge is 0.0346 e. The predicted octanol–water partition coefficient (Wildman–Crippen LogP) is 3.37. The summed E-state index contributed by atoms with van der Waals surface area (Å²) in [5, 5.41) is 5.72. The fourth-order valence-electron chi connectivity index (χ4n) is 1.89. The van der Waals surface area contributed by atoms with E-state index in [4.69, 9.17) is 0 Å². The van der Waals surface area contributed by atoms with Crippen molar-refractivity contribution in [3.8, 4) is 11.1 Å². The molecule has 3 rings (SSSR count). The molecule has 2 aromatic heterocycles. The van der Waals surface area contributed by atoms with Crippen LogP contribution >= 0.6 is 11.3 Å². The minimum absolute atomic E-state index is 0.752. The van der Waals surface area contributed by atoms with Gasteiger partial charge in [0.1, 0.15) is 0 Å². The largest absolute Gasteiger partial charge is 0.310 e. The first-order valence-corrected chi connectivity index (χ1v) is 6.92. The Bertz CT molecular complexity index is 514. The molecule has 3 heteroatoms.